The molecule has 0 aliphatic carbocycles. The van der Waals surface area contributed by atoms with Crippen LogP contribution in [0.3, 0.4) is 0 Å². The van der Waals surface area contributed by atoms with Crippen LogP contribution in [-0.4, -0.2) is 50.7 Å². The Morgan fingerprint density at radius 3 is 3.00 bits per heavy atom. The minimum Gasteiger partial charge on any atom is -0.454 e. The fraction of sp³-hybridized carbons (Fsp3) is 0.667. The molecular weight excluding hydrogens is 294 g/mol. The first-order valence-corrected chi connectivity index (χ1v) is 8.50. The maximum Gasteiger partial charge on any atom is 0.231 e. The summed E-state index contributed by atoms with van der Waals surface area (Å²) in [5, 5.41) is 0. The molecule has 3 heterocycles. The summed E-state index contributed by atoms with van der Waals surface area (Å²) in [5.41, 5.74) is 1.36. The fourth-order valence-electron chi connectivity index (χ4n) is 4.06. The number of benzene rings is 1. The summed E-state index contributed by atoms with van der Waals surface area (Å²) in [4.78, 5) is 2.45. The molecule has 3 aliphatic rings. The highest BCUT2D eigenvalue weighted by atomic mass is 16.7. The van der Waals surface area contributed by atoms with Crippen molar-refractivity contribution in [2.45, 2.75) is 31.4 Å². The largest absolute Gasteiger partial charge is 0.454 e. The lowest BCUT2D eigenvalue weighted by Gasteiger charge is -2.53. The standard InChI is InChI=1S/C18H25NO4/c1-20-6-4-14-5-7-23-18(9-14)11-19(12-18)10-15-2-3-16-17(8-15)22-13-21-16/h2-3,8,14H,4-7,9-13H2,1H3/t14-/m1/s1. The van der Waals surface area contributed by atoms with Gasteiger partial charge in [-0.25, -0.2) is 0 Å². The molecule has 0 radical (unpaired) electrons. The Morgan fingerprint density at radius 2 is 2.13 bits per heavy atom. The van der Waals surface area contributed by atoms with Gasteiger partial charge in [-0.1, -0.05) is 6.07 Å². The van der Waals surface area contributed by atoms with Crippen LogP contribution in [0.5, 0.6) is 11.5 Å². The van der Waals surface area contributed by atoms with E-state index in [9.17, 15) is 0 Å². The minimum absolute atomic E-state index is 0.0903. The van der Waals surface area contributed by atoms with Crippen molar-refractivity contribution >= 4 is 0 Å². The quantitative estimate of drug-likeness (QED) is 0.834. The van der Waals surface area contributed by atoms with Gasteiger partial charge in [-0.15, -0.1) is 0 Å². The Kier molecular flexibility index (Phi) is 4.18. The molecule has 0 aromatic heterocycles. The van der Waals surface area contributed by atoms with Crippen molar-refractivity contribution in [3.8, 4) is 11.5 Å². The van der Waals surface area contributed by atoms with Crippen molar-refractivity contribution in [3.05, 3.63) is 23.8 Å². The second-order valence-electron chi connectivity index (χ2n) is 7.00. The summed E-state index contributed by atoms with van der Waals surface area (Å²) < 4.78 is 22.2. The molecule has 3 aliphatic heterocycles. The number of likely N-dealkylation sites (tertiary alicyclic amines) is 1. The van der Waals surface area contributed by atoms with Crippen molar-refractivity contribution in [1.82, 2.24) is 4.90 Å². The number of rotatable bonds is 5. The monoisotopic (exact) mass is 319 g/mol. The first-order chi connectivity index (χ1) is 11.3. The Balaban J connectivity index is 1.30. The number of fused-ring (bicyclic) bond motifs is 1. The van der Waals surface area contributed by atoms with E-state index in [0.29, 0.717) is 6.79 Å². The highest BCUT2D eigenvalue weighted by Crippen LogP contribution is 2.39. The van der Waals surface area contributed by atoms with Gasteiger partial charge in [0.1, 0.15) is 0 Å². The first-order valence-electron chi connectivity index (χ1n) is 8.50. The van der Waals surface area contributed by atoms with Crippen LogP contribution in [0.25, 0.3) is 0 Å². The third kappa shape index (κ3) is 3.18. The molecule has 126 valence electrons. The average Bonchev–Trinajstić information content (AvgIpc) is 2.99. The Morgan fingerprint density at radius 1 is 1.26 bits per heavy atom. The summed E-state index contributed by atoms with van der Waals surface area (Å²) in [7, 11) is 1.78. The zero-order chi connectivity index (χ0) is 15.7. The molecule has 0 bridgehead atoms. The van der Waals surface area contributed by atoms with E-state index in [0.717, 1.165) is 56.7 Å². The average molecular weight is 319 g/mol. The van der Waals surface area contributed by atoms with Crippen LogP contribution in [0, 0.1) is 5.92 Å². The van der Waals surface area contributed by atoms with Crippen molar-refractivity contribution in [2.24, 2.45) is 5.92 Å². The fourth-order valence-corrected chi connectivity index (χ4v) is 4.06. The molecule has 1 atom stereocenters. The van der Waals surface area contributed by atoms with Crippen LogP contribution in [0.15, 0.2) is 18.2 Å². The maximum absolute atomic E-state index is 6.13. The molecule has 0 amide bonds. The Labute approximate surface area is 137 Å². The van der Waals surface area contributed by atoms with Crippen molar-refractivity contribution in [1.29, 1.82) is 0 Å². The topological polar surface area (TPSA) is 40.2 Å². The van der Waals surface area contributed by atoms with E-state index in [2.05, 4.69) is 17.0 Å². The molecule has 1 aromatic carbocycles. The third-order valence-electron chi connectivity index (χ3n) is 5.19. The van der Waals surface area contributed by atoms with E-state index in [4.69, 9.17) is 18.9 Å². The SMILES string of the molecule is COCC[C@@H]1CCOC2(C1)CN(Cc1ccc3c(c1)OCO3)C2. The van der Waals surface area contributed by atoms with Crippen LogP contribution >= 0.6 is 0 Å². The highest BCUT2D eigenvalue weighted by molar-refractivity contribution is 5.44. The molecule has 1 spiro atoms. The lowest BCUT2D eigenvalue weighted by Crippen LogP contribution is -2.64. The van der Waals surface area contributed by atoms with Gasteiger partial charge in [-0.3, -0.25) is 4.90 Å². The number of hydrogen-bond acceptors (Lipinski definition) is 5. The predicted octanol–water partition coefficient (Wildman–Crippen LogP) is 2.43. The van der Waals surface area contributed by atoms with Crippen molar-refractivity contribution in [3.63, 3.8) is 0 Å². The number of ether oxygens (including phenoxy) is 4. The normalized spacial score (nSPS) is 25.5. The molecule has 1 aromatic rings. The zero-order valence-corrected chi connectivity index (χ0v) is 13.8. The van der Waals surface area contributed by atoms with Crippen molar-refractivity contribution < 1.29 is 18.9 Å². The first kappa shape index (κ1) is 15.2. The number of nitrogens with zero attached hydrogens (tertiary/aromatic N) is 1. The lowest BCUT2D eigenvalue weighted by atomic mass is 9.79. The molecule has 0 unspecified atom stereocenters. The van der Waals surface area contributed by atoms with Gasteiger partial charge in [-0.05, 0) is 42.9 Å². The summed E-state index contributed by atoms with van der Waals surface area (Å²) >= 11 is 0. The zero-order valence-electron chi connectivity index (χ0n) is 13.8. The van der Waals surface area contributed by atoms with Gasteiger partial charge in [0.05, 0.1) is 5.60 Å². The molecule has 0 saturated carbocycles. The molecule has 5 heteroatoms. The van der Waals surface area contributed by atoms with Crippen LogP contribution in [0.2, 0.25) is 0 Å². The second kappa shape index (κ2) is 6.30. The van der Waals surface area contributed by atoms with Gasteiger partial charge in [0.25, 0.3) is 0 Å². The van der Waals surface area contributed by atoms with Gasteiger partial charge < -0.3 is 18.9 Å². The van der Waals surface area contributed by atoms with Crippen LogP contribution in [0.1, 0.15) is 24.8 Å². The van der Waals surface area contributed by atoms with Crippen LogP contribution < -0.4 is 9.47 Å². The molecule has 23 heavy (non-hydrogen) atoms. The second-order valence-corrected chi connectivity index (χ2v) is 7.00. The van der Waals surface area contributed by atoms with Gasteiger partial charge in [0.2, 0.25) is 6.79 Å². The van der Waals surface area contributed by atoms with Gasteiger partial charge >= 0.3 is 0 Å². The van der Waals surface area contributed by atoms with E-state index in [1.54, 1.807) is 7.11 Å². The summed E-state index contributed by atoms with van der Waals surface area (Å²) in [6, 6.07) is 6.23. The van der Waals surface area contributed by atoms with Crippen LogP contribution in [0.4, 0.5) is 0 Å². The van der Waals surface area contributed by atoms with Crippen LogP contribution in [-0.2, 0) is 16.0 Å². The van der Waals surface area contributed by atoms with Gasteiger partial charge in [0.15, 0.2) is 11.5 Å². The van der Waals surface area contributed by atoms with Gasteiger partial charge in [-0.2, -0.15) is 0 Å². The molecule has 2 fully saturated rings. The number of methoxy groups -OCH3 is 1. The minimum atomic E-state index is 0.0903. The highest BCUT2D eigenvalue weighted by Gasteiger charge is 2.47. The predicted molar refractivity (Wildman–Crippen MR) is 85.7 cm³/mol. The summed E-state index contributed by atoms with van der Waals surface area (Å²) in [6.07, 6.45) is 3.51. The van der Waals surface area contributed by atoms with E-state index >= 15 is 0 Å². The Bertz CT molecular complexity index is 556. The smallest absolute Gasteiger partial charge is 0.231 e. The molecular formula is C18H25NO4. The molecule has 4 rings (SSSR count). The van der Waals surface area contributed by atoms with Gasteiger partial charge in [0, 0.05) is 40.0 Å². The van der Waals surface area contributed by atoms with E-state index in [1.165, 1.54) is 18.4 Å². The third-order valence-corrected chi connectivity index (χ3v) is 5.19. The van der Waals surface area contributed by atoms with Crippen molar-refractivity contribution in [2.75, 3.05) is 40.2 Å². The lowest BCUT2D eigenvalue weighted by molar-refractivity contribution is -0.182. The summed E-state index contributed by atoms with van der Waals surface area (Å²) in [5.74, 6) is 2.47. The molecule has 0 N–H and O–H groups in total. The number of hydrogen-bond donors (Lipinski definition) is 0. The molecule has 2 saturated heterocycles. The molecule has 5 nitrogen and oxygen atoms in total. The van der Waals surface area contributed by atoms with E-state index in [1.807, 2.05) is 6.07 Å². The summed E-state index contributed by atoms with van der Waals surface area (Å²) in [6.45, 7) is 5.11. The van der Waals surface area contributed by atoms with E-state index in [-0.39, 0.29) is 5.60 Å². The van der Waals surface area contributed by atoms with E-state index < -0.39 is 0 Å². The maximum atomic E-state index is 6.13. The Hall–Kier alpha value is -1.30.